The molecule has 3 unspecified atom stereocenters. The second-order valence-corrected chi connectivity index (χ2v) is 5.31. The summed E-state index contributed by atoms with van der Waals surface area (Å²) in [6.45, 7) is 5.77. The lowest BCUT2D eigenvalue weighted by Crippen LogP contribution is -2.30. The first kappa shape index (κ1) is 14.9. The van der Waals surface area contributed by atoms with E-state index in [0.29, 0.717) is 12.0 Å². The Bertz CT molecular complexity index is 464. The summed E-state index contributed by atoms with van der Waals surface area (Å²) in [6.07, 6.45) is 2.40. The third-order valence-corrected chi connectivity index (χ3v) is 4.03. The molecule has 0 aliphatic carbocycles. The lowest BCUT2D eigenvalue weighted by molar-refractivity contribution is -0.385. The van der Waals surface area contributed by atoms with Crippen molar-refractivity contribution in [1.82, 2.24) is 5.32 Å². The van der Waals surface area contributed by atoms with Gasteiger partial charge in [0, 0.05) is 30.8 Å². The van der Waals surface area contributed by atoms with Gasteiger partial charge in [-0.25, -0.2) is 0 Å². The maximum atomic E-state index is 11.0. The van der Waals surface area contributed by atoms with Crippen LogP contribution in [-0.4, -0.2) is 24.2 Å². The average Bonchev–Trinajstić information content (AvgIpc) is 2.92. The van der Waals surface area contributed by atoms with Crippen LogP contribution in [0.5, 0.6) is 0 Å². The highest BCUT2D eigenvalue weighted by Crippen LogP contribution is 2.26. The van der Waals surface area contributed by atoms with Gasteiger partial charge in [-0.3, -0.25) is 10.1 Å². The molecule has 0 aromatic heterocycles. The molecule has 1 aromatic rings. The molecule has 1 aromatic carbocycles. The molecule has 0 spiro atoms. The van der Waals surface area contributed by atoms with Gasteiger partial charge in [0.25, 0.3) is 5.69 Å². The number of hydrogen-bond donors (Lipinski definition) is 1. The predicted molar refractivity (Wildman–Crippen MR) is 77.7 cm³/mol. The molecular formula is C15H22N2O3. The van der Waals surface area contributed by atoms with Gasteiger partial charge in [0.2, 0.25) is 0 Å². The summed E-state index contributed by atoms with van der Waals surface area (Å²) >= 11 is 0. The van der Waals surface area contributed by atoms with Crippen molar-refractivity contribution < 1.29 is 9.66 Å². The molecule has 0 bridgehead atoms. The molecule has 1 fully saturated rings. The number of hydrogen-bond acceptors (Lipinski definition) is 4. The summed E-state index contributed by atoms with van der Waals surface area (Å²) in [7, 11) is 0. The number of nitrogens with one attached hydrogen (secondary N) is 1. The van der Waals surface area contributed by atoms with Gasteiger partial charge in [-0.05, 0) is 25.7 Å². The molecule has 5 nitrogen and oxygen atoms in total. The van der Waals surface area contributed by atoms with Crippen LogP contribution >= 0.6 is 0 Å². The molecule has 2 rings (SSSR count). The highest BCUT2D eigenvalue weighted by Gasteiger charge is 2.27. The van der Waals surface area contributed by atoms with E-state index in [9.17, 15) is 10.1 Å². The number of para-hydroxylation sites is 1. The molecule has 1 N–H and O–H groups in total. The SMILES string of the molecule is CCC1OCCC1CNC(C)c1ccccc1[N+](=O)[O-]. The van der Waals surface area contributed by atoms with Crippen LogP contribution in [0.1, 0.15) is 38.3 Å². The molecule has 20 heavy (non-hydrogen) atoms. The zero-order valence-electron chi connectivity index (χ0n) is 12.0. The molecule has 1 aliphatic rings. The van der Waals surface area contributed by atoms with Crippen molar-refractivity contribution in [2.75, 3.05) is 13.2 Å². The smallest absolute Gasteiger partial charge is 0.274 e. The van der Waals surface area contributed by atoms with Gasteiger partial charge in [-0.2, -0.15) is 0 Å². The summed E-state index contributed by atoms with van der Waals surface area (Å²) in [6, 6.07) is 6.88. The average molecular weight is 278 g/mol. The van der Waals surface area contributed by atoms with Crippen molar-refractivity contribution in [3.05, 3.63) is 39.9 Å². The molecule has 3 atom stereocenters. The van der Waals surface area contributed by atoms with E-state index in [2.05, 4.69) is 12.2 Å². The lowest BCUT2D eigenvalue weighted by Gasteiger charge is -2.20. The Balaban J connectivity index is 1.98. The van der Waals surface area contributed by atoms with Crippen LogP contribution in [0.2, 0.25) is 0 Å². The van der Waals surface area contributed by atoms with Crippen LogP contribution in [0.15, 0.2) is 24.3 Å². The van der Waals surface area contributed by atoms with Gasteiger partial charge < -0.3 is 10.1 Å². The Morgan fingerprint density at radius 3 is 2.95 bits per heavy atom. The van der Waals surface area contributed by atoms with Gasteiger partial charge in [0.05, 0.1) is 11.0 Å². The number of ether oxygens (including phenoxy) is 1. The van der Waals surface area contributed by atoms with Crippen LogP contribution in [0.3, 0.4) is 0 Å². The van der Waals surface area contributed by atoms with Crippen molar-refractivity contribution in [1.29, 1.82) is 0 Å². The normalized spacial score (nSPS) is 23.7. The van der Waals surface area contributed by atoms with Gasteiger partial charge in [0.15, 0.2) is 0 Å². The number of benzene rings is 1. The highest BCUT2D eigenvalue weighted by molar-refractivity contribution is 5.41. The standard InChI is InChI=1S/C15H22N2O3/c1-3-15-12(8-9-20-15)10-16-11(2)13-6-4-5-7-14(13)17(18)19/h4-7,11-12,15-16H,3,8-10H2,1-2H3. The van der Waals surface area contributed by atoms with Crippen molar-refractivity contribution >= 4 is 5.69 Å². The molecule has 1 saturated heterocycles. The molecule has 5 heteroatoms. The molecule has 1 heterocycles. The maximum absolute atomic E-state index is 11.0. The Kier molecular flexibility index (Phi) is 5.09. The fourth-order valence-electron chi connectivity index (χ4n) is 2.84. The predicted octanol–water partition coefficient (Wildman–Crippen LogP) is 3.06. The van der Waals surface area contributed by atoms with Gasteiger partial charge in [0.1, 0.15) is 0 Å². The Hall–Kier alpha value is -1.46. The summed E-state index contributed by atoms with van der Waals surface area (Å²) < 4.78 is 5.67. The number of nitro groups is 1. The van der Waals surface area contributed by atoms with Crippen molar-refractivity contribution in [3.63, 3.8) is 0 Å². The maximum Gasteiger partial charge on any atom is 0.274 e. The Labute approximate surface area is 119 Å². The van der Waals surface area contributed by atoms with E-state index in [1.165, 1.54) is 0 Å². The first-order valence-electron chi connectivity index (χ1n) is 7.21. The first-order valence-corrected chi connectivity index (χ1v) is 7.21. The lowest BCUT2D eigenvalue weighted by atomic mass is 9.98. The minimum absolute atomic E-state index is 0.0327. The van der Waals surface area contributed by atoms with Crippen molar-refractivity contribution in [3.8, 4) is 0 Å². The Morgan fingerprint density at radius 1 is 1.50 bits per heavy atom. The summed E-state index contributed by atoms with van der Waals surface area (Å²) in [5.41, 5.74) is 0.923. The third kappa shape index (κ3) is 3.35. The number of nitro benzene ring substituents is 1. The van der Waals surface area contributed by atoms with E-state index in [0.717, 1.165) is 31.6 Å². The molecular weight excluding hydrogens is 256 g/mol. The molecule has 0 amide bonds. The second-order valence-electron chi connectivity index (χ2n) is 5.31. The van der Waals surface area contributed by atoms with E-state index in [4.69, 9.17) is 4.74 Å². The van der Waals surface area contributed by atoms with Crippen LogP contribution in [-0.2, 0) is 4.74 Å². The summed E-state index contributed by atoms with van der Waals surface area (Å²) in [5.74, 6) is 0.505. The van der Waals surface area contributed by atoms with E-state index >= 15 is 0 Å². The topological polar surface area (TPSA) is 64.4 Å². The van der Waals surface area contributed by atoms with Crippen LogP contribution in [0, 0.1) is 16.0 Å². The number of rotatable bonds is 6. The minimum Gasteiger partial charge on any atom is -0.378 e. The third-order valence-electron chi connectivity index (χ3n) is 4.03. The molecule has 0 saturated carbocycles. The van der Waals surface area contributed by atoms with Crippen LogP contribution in [0.4, 0.5) is 5.69 Å². The first-order chi connectivity index (χ1) is 9.63. The van der Waals surface area contributed by atoms with Gasteiger partial charge in [-0.15, -0.1) is 0 Å². The highest BCUT2D eigenvalue weighted by atomic mass is 16.6. The fraction of sp³-hybridized carbons (Fsp3) is 0.600. The van der Waals surface area contributed by atoms with E-state index < -0.39 is 0 Å². The molecule has 110 valence electrons. The van der Waals surface area contributed by atoms with Crippen molar-refractivity contribution in [2.24, 2.45) is 5.92 Å². The zero-order chi connectivity index (χ0) is 14.5. The summed E-state index contributed by atoms with van der Waals surface area (Å²) in [4.78, 5) is 10.7. The zero-order valence-corrected chi connectivity index (χ0v) is 12.0. The second kappa shape index (κ2) is 6.81. The van der Waals surface area contributed by atoms with E-state index in [-0.39, 0.29) is 16.7 Å². The largest absolute Gasteiger partial charge is 0.378 e. The van der Waals surface area contributed by atoms with Gasteiger partial charge >= 0.3 is 0 Å². The fourth-order valence-corrected chi connectivity index (χ4v) is 2.84. The van der Waals surface area contributed by atoms with Crippen molar-refractivity contribution in [2.45, 2.75) is 38.8 Å². The monoisotopic (exact) mass is 278 g/mol. The Morgan fingerprint density at radius 2 is 2.25 bits per heavy atom. The van der Waals surface area contributed by atoms with Crippen LogP contribution < -0.4 is 5.32 Å². The van der Waals surface area contributed by atoms with Crippen LogP contribution in [0.25, 0.3) is 0 Å². The summed E-state index contributed by atoms with van der Waals surface area (Å²) in [5, 5.41) is 14.5. The quantitative estimate of drug-likeness (QED) is 0.641. The van der Waals surface area contributed by atoms with E-state index in [1.54, 1.807) is 12.1 Å². The minimum atomic E-state index is -0.318. The number of nitrogens with zero attached hydrogens (tertiary/aromatic N) is 1. The van der Waals surface area contributed by atoms with Gasteiger partial charge in [-0.1, -0.05) is 25.1 Å². The van der Waals surface area contributed by atoms with E-state index in [1.807, 2.05) is 19.1 Å². The molecule has 0 radical (unpaired) electrons. The molecule has 1 aliphatic heterocycles.